The predicted octanol–water partition coefficient (Wildman–Crippen LogP) is 2.83. The van der Waals surface area contributed by atoms with Crippen molar-refractivity contribution >= 4 is 5.97 Å². The first-order valence-corrected chi connectivity index (χ1v) is 5.51. The van der Waals surface area contributed by atoms with E-state index in [0.717, 1.165) is 0 Å². The summed E-state index contributed by atoms with van der Waals surface area (Å²) in [6.07, 6.45) is -4.85. The van der Waals surface area contributed by atoms with Gasteiger partial charge in [-0.1, -0.05) is 5.16 Å². The van der Waals surface area contributed by atoms with Gasteiger partial charge in [-0.3, -0.25) is 0 Å². The van der Waals surface area contributed by atoms with Gasteiger partial charge in [-0.25, -0.2) is 9.78 Å². The Morgan fingerprint density at radius 1 is 1.45 bits per heavy atom. The first-order chi connectivity index (χ1) is 9.32. The molecule has 2 heterocycles. The van der Waals surface area contributed by atoms with E-state index in [4.69, 9.17) is 8.94 Å². The minimum atomic E-state index is -4.85. The molecule has 0 aliphatic rings. The minimum absolute atomic E-state index is 0.0897. The summed E-state index contributed by atoms with van der Waals surface area (Å²) in [5.74, 6) is -2.84. The van der Waals surface area contributed by atoms with E-state index in [0.29, 0.717) is 5.69 Å². The highest BCUT2D eigenvalue weighted by Gasteiger charge is 2.42. The van der Waals surface area contributed by atoms with Gasteiger partial charge >= 0.3 is 12.1 Å². The fourth-order valence-electron chi connectivity index (χ4n) is 1.42. The molecule has 0 amide bonds. The molecule has 108 valence electrons. The Bertz CT molecular complexity index is 630. The van der Waals surface area contributed by atoms with E-state index in [1.54, 1.807) is 6.92 Å². The number of carbonyl (C=O) groups excluding carboxylic acids is 1. The Hall–Kier alpha value is -2.32. The van der Waals surface area contributed by atoms with Crippen molar-refractivity contribution in [2.45, 2.75) is 20.0 Å². The molecular formula is C11H9F3N2O4. The zero-order valence-corrected chi connectivity index (χ0v) is 10.4. The van der Waals surface area contributed by atoms with Crippen molar-refractivity contribution in [3.63, 3.8) is 0 Å². The van der Waals surface area contributed by atoms with Gasteiger partial charge in [0.25, 0.3) is 5.89 Å². The molecule has 0 N–H and O–H groups in total. The van der Waals surface area contributed by atoms with Gasteiger partial charge < -0.3 is 13.7 Å². The second kappa shape index (κ2) is 4.99. The van der Waals surface area contributed by atoms with Crippen molar-refractivity contribution in [3.05, 3.63) is 23.2 Å². The molecule has 20 heavy (non-hydrogen) atoms. The molecule has 0 unspecified atom stereocenters. The van der Waals surface area contributed by atoms with Crippen molar-refractivity contribution in [2.24, 2.45) is 0 Å². The molecule has 0 fully saturated rings. The highest BCUT2D eigenvalue weighted by atomic mass is 19.4. The van der Waals surface area contributed by atoms with Crippen LogP contribution in [0.1, 0.15) is 28.9 Å². The molecule has 0 saturated heterocycles. The normalized spacial score (nSPS) is 11.7. The molecule has 0 radical (unpaired) electrons. The van der Waals surface area contributed by atoms with Crippen molar-refractivity contribution in [1.29, 1.82) is 0 Å². The first kappa shape index (κ1) is 14.1. The molecular weight excluding hydrogens is 281 g/mol. The smallest absolute Gasteiger partial charge is 0.437 e. The number of nitrogens with zero attached hydrogens (tertiary/aromatic N) is 2. The van der Waals surface area contributed by atoms with Crippen molar-refractivity contribution in [2.75, 3.05) is 6.61 Å². The maximum atomic E-state index is 12.8. The summed E-state index contributed by atoms with van der Waals surface area (Å²) in [4.78, 5) is 14.7. The van der Waals surface area contributed by atoms with Crippen LogP contribution in [0, 0.1) is 6.92 Å². The molecule has 0 bridgehead atoms. The summed E-state index contributed by atoms with van der Waals surface area (Å²) in [6.45, 7) is 2.95. The average Bonchev–Trinajstić information content (AvgIpc) is 2.94. The largest absolute Gasteiger partial charge is 0.460 e. The van der Waals surface area contributed by atoms with Gasteiger partial charge in [-0.15, -0.1) is 0 Å². The Labute approximate surface area is 110 Å². The average molecular weight is 290 g/mol. The summed E-state index contributed by atoms with van der Waals surface area (Å²) in [7, 11) is 0. The van der Waals surface area contributed by atoms with E-state index in [1.165, 1.54) is 13.0 Å². The molecule has 2 aromatic rings. The van der Waals surface area contributed by atoms with Crippen LogP contribution in [0.2, 0.25) is 0 Å². The van der Waals surface area contributed by atoms with Gasteiger partial charge in [-0.05, 0) is 13.8 Å². The number of alkyl halides is 3. The van der Waals surface area contributed by atoms with Crippen LogP contribution in [0.3, 0.4) is 0 Å². The SMILES string of the molecule is CCOC(=O)c1oc(-c2cc(C)no2)nc1C(F)(F)F. The van der Waals surface area contributed by atoms with Crippen molar-refractivity contribution in [3.8, 4) is 11.7 Å². The number of aromatic nitrogens is 2. The number of ether oxygens (including phenoxy) is 1. The van der Waals surface area contributed by atoms with Gasteiger partial charge in [0, 0.05) is 6.07 Å². The Morgan fingerprint density at radius 3 is 2.65 bits per heavy atom. The first-order valence-electron chi connectivity index (χ1n) is 5.51. The van der Waals surface area contributed by atoms with Gasteiger partial charge in [0.05, 0.1) is 12.3 Å². The van der Waals surface area contributed by atoms with E-state index < -0.39 is 29.5 Å². The fourth-order valence-corrected chi connectivity index (χ4v) is 1.42. The Kier molecular flexibility index (Phi) is 3.51. The second-order valence-corrected chi connectivity index (χ2v) is 3.75. The summed E-state index contributed by atoms with van der Waals surface area (Å²) in [6, 6.07) is 1.33. The molecule has 9 heteroatoms. The molecule has 0 aromatic carbocycles. The van der Waals surface area contributed by atoms with Crippen LogP contribution in [-0.2, 0) is 10.9 Å². The van der Waals surface area contributed by atoms with Crippen LogP contribution >= 0.6 is 0 Å². The van der Waals surface area contributed by atoms with Gasteiger partial charge in [0.2, 0.25) is 11.5 Å². The molecule has 0 spiro atoms. The number of hydrogen-bond donors (Lipinski definition) is 0. The number of carbonyl (C=O) groups is 1. The molecule has 0 saturated carbocycles. The zero-order valence-electron chi connectivity index (χ0n) is 10.4. The molecule has 6 nitrogen and oxygen atoms in total. The van der Waals surface area contributed by atoms with E-state index in [2.05, 4.69) is 14.9 Å². The third-order valence-electron chi connectivity index (χ3n) is 2.20. The van der Waals surface area contributed by atoms with E-state index in [9.17, 15) is 18.0 Å². The van der Waals surface area contributed by atoms with Crippen LogP contribution in [0.5, 0.6) is 0 Å². The van der Waals surface area contributed by atoms with E-state index in [-0.39, 0.29) is 12.4 Å². The third-order valence-corrected chi connectivity index (χ3v) is 2.20. The number of hydrogen-bond acceptors (Lipinski definition) is 6. The maximum absolute atomic E-state index is 12.8. The number of oxazole rings is 1. The standard InChI is InChI=1S/C11H9F3N2O4/c1-3-18-10(17)7-8(11(12,13)14)15-9(19-7)6-4-5(2)16-20-6/h4H,3H2,1-2H3. The van der Waals surface area contributed by atoms with E-state index >= 15 is 0 Å². The third kappa shape index (κ3) is 2.65. The second-order valence-electron chi connectivity index (χ2n) is 3.75. The molecule has 2 rings (SSSR count). The zero-order chi connectivity index (χ0) is 14.9. The molecule has 2 aromatic heterocycles. The maximum Gasteiger partial charge on any atom is 0.437 e. The molecule has 0 aliphatic heterocycles. The summed E-state index contributed by atoms with van der Waals surface area (Å²) >= 11 is 0. The lowest BCUT2D eigenvalue weighted by Crippen LogP contribution is -2.14. The van der Waals surface area contributed by atoms with E-state index in [1.807, 2.05) is 0 Å². The number of esters is 1. The fraction of sp³-hybridized carbons (Fsp3) is 0.364. The lowest BCUT2D eigenvalue weighted by Gasteiger charge is -2.03. The molecule has 0 atom stereocenters. The van der Waals surface area contributed by atoms with Crippen molar-refractivity contribution in [1.82, 2.24) is 10.1 Å². The Balaban J connectivity index is 2.50. The summed E-state index contributed by atoms with van der Waals surface area (Å²) in [5, 5.41) is 3.50. The quantitative estimate of drug-likeness (QED) is 0.809. The highest BCUT2D eigenvalue weighted by Crippen LogP contribution is 2.34. The van der Waals surface area contributed by atoms with Crippen LogP contribution < -0.4 is 0 Å². The van der Waals surface area contributed by atoms with Crippen LogP contribution in [0.25, 0.3) is 11.7 Å². The predicted molar refractivity (Wildman–Crippen MR) is 57.7 cm³/mol. The molecule has 0 aliphatic carbocycles. The monoisotopic (exact) mass is 290 g/mol. The van der Waals surface area contributed by atoms with Gasteiger partial charge in [0.15, 0.2) is 5.69 Å². The Morgan fingerprint density at radius 2 is 2.15 bits per heavy atom. The topological polar surface area (TPSA) is 78.4 Å². The van der Waals surface area contributed by atoms with Gasteiger partial charge in [0.1, 0.15) is 0 Å². The lowest BCUT2D eigenvalue weighted by atomic mass is 10.3. The number of rotatable bonds is 3. The minimum Gasteiger partial charge on any atom is -0.460 e. The van der Waals surface area contributed by atoms with Crippen LogP contribution in [-0.4, -0.2) is 22.7 Å². The number of aryl methyl sites for hydroxylation is 1. The lowest BCUT2D eigenvalue weighted by molar-refractivity contribution is -0.141. The van der Waals surface area contributed by atoms with Crippen LogP contribution in [0.15, 0.2) is 15.0 Å². The number of halogens is 3. The van der Waals surface area contributed by atoms with Gasteiger partial charge in [-0.2, -0.15) is 13.2 Å². The summed E-state index contributed by atoms with van der Waals surface area (Å²) in [5.41, 5.74) is -1.02. The summed E-state index contributed by atoms with van der Waals surface area (Å²) < 4.78 is 52.5. The highest BCUT2D eigenvalue weighted by molar-refractivity contribution is 5.88. The van der Waals surface area contributed by atoms with Crippen LogP contribution in [0.4, 0.5) is 13.2 Å². The van der Waals surface area contributed by atoms with Crippen molar-refractivity contribution < 1.29 is 31.6 Å².